The minimum atomic E-state index is -0.207. The molecule has 1 aromatic heterocycles. The molecule has 0 aliphatic rings. The molecule has 0 bridgehead atoms. The molecule has 0 radical (unpaired) electrons. The van der Waals surface area contributed by atoms with E-state index in [4.69, 9.17) is 17.3 Å². The Morgan fingerprint density at radius 3 is 2.89 bits per heavy atom. The molecule has 1 amide bonds. The van der Waals surface area contributed by atoms with Gasteiger partial charge in [0, 0.05) is 31.9 Å². The number of halogens is 1. The van der Waals surface area contributed by atoms with Gasteiger partial charge in [0.2, 0.25) is 0 Å². The lowest BCUT2D eigenvalue weighted by atomic mass is 10.2. The second-order valence-electron chi connectivity index (χ2n) is 4.23. The second kappa shape index (κ2) is 5.75. The third kappa shape index (κ3) is 3.48. The summed E-state index contributed by atoms with van der Waals surface area (Å²) >= 11 is 5.97. The van der Waals surface area contributed by atoms with Gasteiger partial charge in [0.1, 0.15) is 0 Å². The summed E-state index contributed by atoms with van der Waals surface area (Å²) in [6, 6.07) is 6.75. The van der Waals surface area contributed by atoms with Crippen molar-refractivity contribution in [2.45, 2.75) is 6.42 Å². The molecule has 1 aromatic carbocycles. The number of hydrogen-bond acceptors (Lipinski definition) is 3. The first-order valence-electron chi connectivity index (χ1n) is 5.88. The molecule has 0 saturated carbocycles. The Morgan fingerprint density at radius 1 is 1.47 bits per heavy atom. The number of benzene rings is 1. The fourth-order valence-electron chi connectivity index (χ4n) is 1.71. The Labute approximate surface area is 116 Å². The highest BCUT2D eigenvalue weighted by molar-refractivity contribution is 6.34. The number of anilines is 1. The van der Waals surface area contributed by atoms with E-state index in [0.717, 1.165) is 5.69 Å². The lowest BCUT2D eigenvalue weighted by molar-refractivity contribution is 0.0954. The SMILES string of the molecule is Cn1ccc(CCNC(=O)c2ccc(N)cc2Cl)n1. The number of aromatic nitrogens is 2. The molecule has 0 unspecified atom stereocenters. The van der Waals surface area contributed by atoms with Crippen LogP contribution >= 0.6 is 11.6 Å². The van der Waals surface area contributed by atoms with Gasteiger partial charge in [0.05, 0.1) is 16.3 Å². The summed E-state index contributed by atoms with van der Waals surface area (Å²) in [6.45, 7) is 0.510. The minimum Gasteiger partial charge on any atom is -0.399 e. The van der Waals surface area contributed by atoms with Crippen molar-refractivity contribution in [1.29, 1.82) is 0 Å². The van der Waals surface area contributed by atoms with Crippen molar-refractivity contribution in [3.8, 4) is 0 Å². The van der Waals surface area contributed by atoms with Crippen LogP contribution in [0.3, 0.4) is 0 Å². The summed E-state index contributed by atoms with van der Waals surface area (Å²) in [7, 11) is 1.86. The number of nitrogen functional groups attached to an aromatic ring is 1. The van der Waals surface area contributed by atoms with E-state index in [2.05, 4.69) is 10.4 Å². The Kier molecular flexibility index (Phi) is 4.06. The van der Waals surface area contributed by atoms with Gasteiger partial charge in [0.15, 0.2) is 0 Å². The van der Waals surface area contributed by atoms with Gasteiger partial charge in [-0.05, 0) is 24.3 Å². The van der Waals surface area contributed by atoms with E-state index in [0.29, 0.717) is 29.2 Å². The van der Waals surface area contributed by atoms with E-state index < -0.39 is 0 Å². The van der Waals surface area contributed by atoms with Crippen molar-refractivity contribution in [3.63, 3.8) is 0 Å². The normalized spacial score (nSPS) is 10.4. The maximum Gasteiger partial charge on any atom is 0.252 e. The van der Waals surface area contributed by atoms with E-state index in [1.165, 1.54) is 0 Å². The second-order valence-corrected chi connectivity index (χ2v) is 4.63. The molecule has 0 fully saturated rings. The molecule has 6 heteroatoms. The molecule has 2 rings (SSSR count). The van der Waals surface area contributed by atoms with Gasteiger partial charge < -0.3 is 11.1 Å². The van der Waals surface area contributed by atoms with Crippen LogP contribution in [0.2, 0.25) is 5.02 Å². The fourth-order valence-corrected chi connectivity index (χ4v) is 1.99. The molecular formula is C13H15ClN4O. The number of carbonyl (C=O) groups is 1. The van der Waals surface area contributed by atoms with Gasteiger partial charge in [-0.15, -0.1) is 0 Å². The lowest BCUT2D eigenvalue weighted by Crippen LogP contribution is -2.26. The number of nitrogens with zero attached hydrogens (tertiary/aromatic N) is 2. The zero-order chi connectivity index (χ0) is 13.8. The first-order chi connectivity index (χ1) is 9.06. The zero-order valence-electron chi connectivity index (χ0n) is 10.6. The topological polar surface area (TPSA) is 72.9 Å². The van der Waals surface area contributed by atoms with Crippen molar-refractivity contribution < 1.29 is 4.79 Å². The quantitative estimate of drug-likeness (QED) is 0.835. The van der Waals surface area contributed by atoms with E-state index in [1.807, 2.05) is 19.3 Å². The van der Waals surface area contributed by atoms with E-state index in [9.17, 15) is 4.79 Å². The predicted octanol–water partition coefficient (Wildman–Crippen LogP) is 1.63. The summed E-state index contributed by atoms with van der Waals surface area (Å²) < 4.78 is 1.73. The maximum absolute atomic E-state index is 11.9. The van der Waals surface area contributed by atoms with Crippen molar-refractivity contribution in [2.24, 2.45) is 7.05 Å². The Hall–Kier alpha value is -2.01. The Balaban J connectivity index is 1.90. The first kappa shape index (κ1) is 13.4. The van der Waals surface area contributed by atoms with Gasteiger partial charge in [-0.3, -0.25) is 9.48 Å². The summed E-state index contributed by atoms with van der Waals surface area (Å²) in [5.41, 5.74) is 7.48. The van der Waals surface area contributed by atoms with E-state index in [-0.39, 0.29) is 5.91 Å². The molecule has 0 atom stereocenters. The largest absolute Gasteiger partial charge is 0.399 e. The van der Waals surface area contributed by atoms with Gasteiger partial charge >= 0.3 is 0 Å². The minimum absolute atomic E-state index is 0.207. The molecule has 0 aliphatic heterocycles. The lowest BCUT2D eigenvalue weighted by Gasteiger charge is -2.06. The van der Waals surface area contributed by atoms with Gasteiger partial charge in [-0.25, -0.2) is 0 Å². The van der Waals surface area contributed by atoms with Crippen LogP contribution in [0, 0.1) is 0 Å². The fraction of sp³-hybridized carbons (Fsp3) is 0.231. The number of carbonyl (C=O) groups excluding carboxylic acids is 1. The first-order valence-corrected chi connectivity index (χ1v) is 6.26. The standard InChI is InChI=1S/C13H15ClN4O/c1-18-7-5-10(17-18)4-6-16-13(19)11-3-2-9(15)8-12(11)14/h2-3,5,7-8H,4,6,15H2,1H3,(H,16,19). The number of nitrogens with one attached hydrogen (secondary N) is 1. The molecule has 0 spiro atoms. The van der Waals surface area contributed by atoms with Crippen molar-refractivity contribution in [1.82, 2.24) is 15.1 Å². The Morgan fingerprint density at radius 2 is 2.26 bits per heavy atom. The monoisotopic (exact) mass is 278 g/mol. The van der Waals surface area contributed by atoms with Crippen molar-refractivity contribution in [2.75, 3.05) is 12.3 Å². The highest BCUT2D eigenvalue weighted by Gasteiger charge is 2.10. The number of nitrogens with two attached hydrogens (primary N) is 1. The average molecular weight is 279 g/mol. The van der Waals surface area contributed by atoms with Crippen LogP contribution in [0.25, 0.3) is 0 Å². The van der Waals surface area contributed by atoms with Crippen LogP contribution < -0.4 is 11.1 Å². The summed E-state index contributed by atoms with van der Waals surface area (Å²) in [5.74, 6) is -0.207. The van der Waals surface area contributed by atoms with Crippen LogP contribution in [0.1, 0.15) is 16.1 Å². The molecule has 2 aromatic rings. The van der Waals surface area contributed by atoms with Gasteiger partial charge in [-0.2, -0.15) is 5.10 Å². The van der Waals surface area contributed by atoms with E-state index in [1.54, 1.807) is 22.9 Å². The van der Waals surface area contributed by atoms with Crippen LogP contribution in [0.5, 0.6) is 0 Å². The summed E-state index contributed by atoms with van der Waals surface area (Å²) in [5, 5.41) is 7.39. The van der Waals surface area contributed by atoms with Gasteiger partial charge in [0.25, 0.3) is 5.91 Å². The van der Waals surface area contributed by atoms with Crippen LogP contribution in [0.15, 0.2) is 30.5 Å². The maximum atomic E-state index is 11.9. The van der Waals surface area contributed by atoms with Gasteiger partial charge in [-0.1, -0.05) is 11.6 Å². The molecule has 1 heterocycles. The molecule has 19 heavy (non-hydrogen) atoms. The smallest absolute Gasteiger partial charge is 0.252 e. The predicted molar refractivity (Wildman–Crippen MR) is 75.1 cm³/mol. The van der Waals surface area contributed by atoms with Crippen LogP contribution in [-0.2, 0) is 13.5 Å². The number of amides is 1. The molecule has 3 N–H and O–H groups in total. The van der Waals surface area contributed by atoms with Crippen molar-refractivity contribution in [3.05, 3.63) is 46.7 Å². The third-order valence-corrected chi connectivity index (χ3v) is 2.99. The zero-order valence-corrected chi connectivity index (χ0v) is 11.3. The average Bonchev–Trinajstić information content (AvgIpc) is 2.75. The van der Waals surface area contributed by atoms with E-state index >= 15 is 0 Å². The number of hydrogen-bond donors (Lipinski definition) is 2. The molecule has 100 valence electrons. The Bertz CT molecular complexity index is 594. The molecule has 0 aliphatic carbocycles. The number of rotatable bonds is 4. The summed E-state index contributed by atoms with van der Waals surface area (Å²) in [6.07, 6.45) is 2.55. The van der Waals surface area contributed by atoms with Crippen LogP contribution in [-0.4, -0.2) is 22.2 Å². The molecule has 5 nitrogen and oxygen atoms in total. The molecular weight excluding hydrogens is 264 g/mol. The van der Waals surface area contributed by atoms with Crippen LogP contribution in [0.4, 0.5) is 5.69 Å². The highest BCUT2D eigenvalue weighted by atomic mass is 35.5. The molecule has 0 saturated heterocycles. The third-order valence-electron chi connectivity index (χ3n) is 2.67. The highest BCUT2D eigenvalue weighted by Crippen LogP contribution is 2.18. The number of aryl methyl sites for hydroxylation is 1. The van der Waals surface area contributed by atoms with Crippen molar-refractivity contribution >= 4 is 23.2 Å². The summed E-state index contributed by atoms with van der Waals surface area (Å²) in [4.78, 5) is 11.9.